The monoisotopic (exact) mass is 556 g/mol. The molecule has 0 spiro atoms. The highest BCUT2D eigenvalue weighted by atomic mass is 32.2. The highest BCUT2D eigenvalue weighted by Crippen LogP contribution is 2.40. The van der Waals surface area contributed by atoms with Gasteiger partial charge in [0, 0.05) is 10.9 Å². The number of sulfonamides is 1. The van der Waals surface area contributed by atoms with Gasteiger partial charge < -0.3 is 0 Å². The molecule has 39 heavy (non-hydrogen) atoms. The lowest BCUT2D eigenvalue weighted by Crippen LogP contribution is -2.32. The van der Waals surface area contributed by atoms with Crippen LogP contribution in [0.15, 0.2) is 107 Å². The average molecular weight is 557 g/mol. The van der Waals surface area contributed by atoms with Crippen molar-refractivity contribution >= 4 is 42.4 Å². The van der Waals surface area contributed by atoms with E-state index in [1.54, 1.807) is 72.8 Å². The predicted octanol–water partition coefficient (Wildman–Crippen LogP) is 5.44. The van der Waals surface area contributed by atoms with E-state index < -0.39 is 25.8 Å². The first kappa shape index (κ1) is 25.1. The van der Waals surface area contributed by atoms with E-state index >= 15 is 0 Å². The summed E-state index contributed by atoms with van der Waals surface area (Å²) < 4.78 is 58.7. The normalized spacial score (nSPS) is 13.7. The number of nitrogens with zero attached hydrogens (tertiary/aromatic N) is 2. The van der Waals surface area contributed by atoms with E-state index in [1.165, 1.54) is 24.3 Å². The van der Waals surface area contributed by atoms with Gasteiger partial charge >= 0.3 is 0 Å². The van der Waals surface area contributed by atoms with Crippen LogP contribution in [0, 0.1) is 13.8 Å². The summed E-state index contributed by atoms with van der Waals surface area (Å²) in [5.41, 5.74) is 2.75. The van der Waals surface area contributed by atoms with Gasteiger partial charge in [-0.15, -0.1) is 0 Å². The van der Waals surface area contributed by atoms with Crippen LogP contribution < -0.4 is 4.31 Å². The molecular weight excluding hydrogens is 532 g/mol. The van der Waals surface area contributed by atoms with Crippen molar-refractivity contribution in [1.82, 2.24) is 3.97 Å². The van der Waals surface area contributed by atoms with Crippen molar-refractivity contribution in [2.75, 3.05) is 4.31 Å². The highest BCUT2D eigenvalue weighted by molar-refractivity contribution is 7.92. The summed E-state index contributed by atoms with van der Waals surface area (Å²) >= 11 is 0. The van der Waals surface area contributed by atoms with Crippen molar-refractivity contribution < 1.29 is 21.6 Å². The fourth-order valence-electron chi connectivity index (χ4n) is 5.04. The van der Waals surface area contributed by atoms with Crippen molar-refractivity contribution in [1.29, 1.82) is 0 Å². The fraction of sp³-hybridized carbons (Fsp3) is 0.100. The Labute approximate surface area is 227 Å². The Morgan fingerprint density at radius 3 is 1.82 bits per heavy atom. The van der Waals surface area contributed by atoms with Crippen LogP contribution in [0.25, 0.3) is 10.9 Å². The number of benzene rings is 4. The molecule has 0 N–H and O–H groups in total. The number of hydrogen-bond acceptors (Lipinski definition) is 5. The molecule has 9 heteroatoms. The van der Waals surface area contributed by atoms with Crippen LogP contribution in [-0.4, -0.2) is 26.6 Å². The molecule has 5 aromatic rings. The van der Waals surface area contributed by atoms with Crippen LogP contribution in [0.3, 0.4) is 0 Å². The van der Waals surface area contributed by atoms with Crippen molar-refractivity contribution in [2.45, 2.75) is 30.2 Å². The molecule has 1 aliphatic heterocycles. The summed E-state index contributed by atoms with van der Waals surface area (Å²) in [7, 11) is -8.38. The fourth-order valence-corrected chi connectivity index (χ4v) is 8.04. The number of rotatable bonds is 4. The molecule has 6 rings (SSSR count). The van der Waals surface area contributed by atoms with Gasteiger partial charge in [0.2, 0.25) is 0 Å². The third kappa shape index (κ3) is 3.88. The minimum atomic E-state index is -4.20. The minimum Gasteiger partial charge on any atom is -0.288 e. The molecule has 0 radical (unpaired) electrons. The molecule has 196 valence electrons. The SMILES string of the molecule is Cc1ccc(S(=O)(=O)N2Cc3c(c4ccccc4n3S(=O)(=O)c3ccc(C)cc3)C(=O)c3ccccc32)cc1. The molecular formula is C30H24N2O5S2. The first-order valence-corrected chi connectivity index (χ1v) is 15.2. The first-order valence-electron chi connectivity index (χ1n) is 12.3. The van der Waals surface area contributed by atoms with E-state index in [0.717, 1.165) is 19.4 Å². The molecule has 2 heterocycles. The molecule has 0 aliphatic carbocycles. The largest absolute Gasteiger partial charge is 0.288 e. The third-order valence-corrected chi connectivity index (χ3v) is 10.6. The van der Waals surface area contributed by atoms with Crippen LogP contribution in [0.1, 0.15) is 32.7 Å². The highest BCUT2D eigenvalue weighted by Gasteiger charge is 2.38. The van der Waals surface area contributed by atoms with Gasteiger partial charge in [-0.1, -0.05) is 65.7 Å². The number of fused-ring (bicyclic) bond motifs is 4. The zero-order valence-corrected chi connectivity index (χ0v) is 22.8. The zero-order valence-electron chi connectivity index (χ0n) is 21.2. The van der Waals surface area contributed by atoms with E-state index in [2.05, 4.69) is 0 Å². The van der Waals surface area contributed by atoms with E-state index in [4.69, 9.17) is 0 Å². The van der Waals surface area contributed by atoms with Gasteiger partial charge in [0.05, 0.1) is 38.8 Å². The molecule has 7 nitrogen and oxygen atoms in total. The Hall–Kier alpha value is -4.21. The van der Waals surface area contributed by atoms with Gasteiger partial charge in [0.15, 0.2) is 5.78 Å². The summed E-state index contributed by atoms with van der Waals surface area (Å²) in [5, 5.41) is 0.442. The van der Waals surface area contributed by atoms with Gasteiger partial charge in [0.25, 0.3) is 20.0 Å². The van der Waals surface area contributed by atoms with E-state index in [-0.39, 0.29) is 38.8 Å². The molecule has 0 atom stereocenters. The van der Waals surface area contributed by atoms with Crippen molar-refractivity contribution in [3.63, 3.8) is 0 Å². The average Bonchev–Trinajstić information content (AvgIpc) is 3.20. The number of carbonyl (C=O) groups is 1. The lowest BCUT2D eigenvalue weighted by atomic mass is 10.0. The Bertz CT molecular complexity index is 1990. The molecule has 0 bridgehead atoms. The summed E-state index contributed by atoms with van der Waals surface area (Å²) in [6, 6.07) is 26.1. The number of ketones is 1. The maximum Gasteiger partial charge on any atom is 0.268 e. The van der Waals surface area contributed by atoms with E-state index in [1.807, 2.05) is 13.8 Å². The van der Waals surface area contributed by atoms with Crippen LogP contribution >= 0.6 is 0 Å². The zero-order chi connectivity index (χ0) is 27.5. The summed E-state index contributed by atoms with van der Waals surface area (Å²) in [6.07, 6.45) is 0. The number of hydrogen-bond donors (Lipinski definition) is 0. The van der Waals surface area contributed by atoms with Crippen molar-refractivity contribution in [3.8, 4) is 0 Å². The molecule has 0 fully saturated rings. The summed E-state index contributed by atoms with van der Waals surface area (Å²) in [6.45, 7) is 3.36. The van der Waals surface area contributed by atoms with Crippen LogP contribution in [0.2, 0.25) is 0 Å². The molecule has 4 aromatic carbocycles. The number of anilines is 1. The van der Waals surface area contributed by atoms with Gasteiger partial charge in [-0.05, 0) is 56.3 Å². The van der Waals surface area contributed by atoms with Crippen molar-refractivity contribution in [3.05, 3.63) is 125 Å². The van der Waals surface area contributed by atoms with Gasteiger partial charge in [-0.3, -0.25) is 9.10 Å². The van der Waals surface area contributed by atoms with E-state index in [9.17, 15) is 21.6 Å². The topological polar surface area (TPSA) is 93.5 Å². The Morgan fingerprint density at radius 2 is 1.18 bits per heavy atom. The number of aromatic nitrogens is 1. The second kappa shape index (κ2) is 8.93. The van der Waals surface area contributed by atoms with Crippen LogP contribution in [0.4, 0.5) is 5.69 Å². The molecule has 0 unspecified atom stereocenters. The minimum absolute atomic E-state index is 0.0406. The molecule has 0 saturated carbocycles. The summed E-state index contributed by atoms with van der Waals surface area (Å²) in [5.74, 6) is -0.434. The lowest BCUT2D eigenvalue weighted by molar-refractivity contribution is 0.104. The lowest BCUT2D eigenvalue weighted by Gasteiger charge is -2.25. The summed E-state index contributed by atoms with van der Waals surface area (Å²) in [4.78, 5) is 14.2. The maximum absolute atomic E-state index is 14.1. The number of para-hydroxylation sites is 2. The Balaban J connectivity index is 1.68. The molecule has 1 aliphatic rings. The second-order valence-corrected chi connectivity index (χ2v) is 13.2. The first-order chi connectivity index (χ1) is 18.6. The molecule has 0 amide bonds. The maximum atomic E-state index is 14.1. The second-order valence-electron chi connectivity index (χ2n) is 9.59. The predicted molar refractivity (Wildman–Crippen MR) is 150 cm³/mol. The van der Waals surface area contributed by atoms with Gasteiger partial charge in [-0.25, -0.2) is 20.8 Å². The van der Waals surface area contributed by atoms with Crippen LogP contribution in [-0.2, 0) is 26.6 Å². The third-order valence-electron chi connectivity index (χ3n) is 7.03. The Morgan fingerprint density at radius 1 is 0.641 bits per heavy atom. The molecule has 0 saturated heterocycles. The standard InChI is InChI=1S/C30H24N2O5S2/c1-20-11-15-22(16-12-20)38(34,35)31-19-28-29(30(33)25-8-4-5-9-26(25)31)24-7-3-6-10-27(24)32(28)39(36,37)23-17-13-21(2)14-18-23/h3-18H,19H2,1-2H3. The molecule has 1 aromatic heterocycles. The smallest absolute Gasteiger partial charge is 0.268 e. The Kier molecular flexibility index (Phi) is 5.74. The number of aryl methyl sites for hydroxylation is 2. The quantitative estimate of drug-likeness (QED) is 0.294. The number of carbonyl (C=O) groups excluding carboxylic acids is 1. The van der Waals surface area contributed by atoms with Gasteiger partial charge in [0.1, 0.15) is 0 Å². The van der Waals surface area contributed by atoms with E-state index in [0.29, 0.717) is 10.9 Å². The van der Waals surface area contributed by atoms with Crippen molar-refractivity contribution in [2.24, 2.45) is 0 Å². The van der Waals surface area contributed by atoms with Crippen LogP contribution in [0.5, 0.6) is 0 Å². The van der Waals surface area contributed by atoms with Gasteiger partial charge in [-0.2, -0.15) is 0 Å².